The van der Waals surface area contributed by atoms with Crippen molar-refractivity contribution < 1.29 is 13.2 Å². The Morgan fingerprint density at radius 1 is 1.14 bits per heavy atom. The fraction of sp³-hybridized carbons (Fsp3) is 0.593. The summed E-state index contributed by atoms with van der Waals surface area (Å²) in [5.74, 6) is 0.816. The van der Waals surface area contributed by atoms with Crippen LogP contribution in [0.2, 0.25) is 0 Å². The van der Waals surface area contributed by atoms with Crippen LogP contribution in [0.15, 0.2) is 41.6 Å². The van der Waals surface area contributed by atoms with Gasteiger partial charge in [0, 0.05) is 50.5 Å². The molecule has 2 saturated heterocycles. The van der Waals surface area contributed by atoms with Crippen LogP contribution in [-0.2, 0) is 10.0 Å². The van der Waals surface area contributed by atoms with Crippen molar-refractivity contribution in [2.24, 2.45) is 5.92 Å². The number of piperazine rings is 1. The van der Waals surface area contributed by atoms with E-state index in [0.29, 0.717) is 23.6 Å². The first-order chi connectivity index (χ1) is 17.5. The van der Waals surface area contributed by atoms with Gasteiger partial charge in [-0.1, -0.05) is 26.3 Å². The number of carbonyl (C=O) groups is 1. The highest BCUT2D eigenvalue weighted by Gasteiger charge is 2.40. The molecule has 2 aromatic heterocycles. The first-order valence-corrected chi connectivity index (χ1v) is 14.8. The summed E-state index contributed by atoms with van der Waals surface area (Å²) >= 11 is 0. The summed E-state index contributed by atoms with van der Waals surface area (Å²) in [5.41, 5.74) is 0.0398. The normalized spacial score (nSPS) is 21.2. The zero-order chi connectivity index (χ0) is 26.8. The Morgan fingerprint density at radius 3 is 2.51 bits per heavy atom. The molecule has 1 amide bonds. The Morgan fingerprint density at radius 2 is 1.86 bits per heavy atom. The summed E-state index contributed by atoms with van der Waals surface area (Å²) in [6.07, 6.45) is 4.93. The number of nitrogens with one attached hydrogen (secondary N) is 1. The quantitative estimate of drug-likeness (QED) is 0.556. The van der Waals surface area contributed by atoms with E-state index in [1.165, 1.54) is 12.5 Å². The first-order valence-electron chi connectivity index (χ1n) is 13.3. The lowest BCUT2D eigenvalue weighted by Crippen LogP contribution is -2.49. The van der Waals surface area contributed by atoms with Gasteiger partial charge in [0.25, 0.3) is 15.9 Å². The molecule has 2 aliphatic heterocycles. The van der Waals surface area contributed by atoms with Gasteiger partial charge in [-0.15, -0.1) is 0 Å². The molecule has 2 aliphatic rings. The number of hydrogen-bond donors (Lipinski definition) is 1. The molecule has 9 nitrogen and oxygen atoms in total. The highest BCUT2D eigenvalue weighted by atomic mass is 32.2. The molecular formula is C27H40N6O3S. The smallest absolute Gasteiger partial charge is 0.281 e. The van der Waals surface area contributed by atoms with Gasteiger partial charge < -0.3 is 9.80 Å². The molecular weight excluding hydrogens is 488 g/mol. The van der Waals surface area contributed by atoms with Crippen LogP contribution in [0.1, 0.15) is 64.2 Å². The second kappa shape index (κ2) is 10.9. The summed E-state index contributed by atoms with van der Waals surface area (Å²) < 4.78 is 28.7. The van der Waals surface area contributed by atoms with Gasteiger partial charge in [-0.25, -0.2) is 14.7 Å². The average Bonchev–Trinajstić information content (AvgIpc) is 3.15. The third-order valence-electron chi connectivity index (χ3n) is 8.15. The lowest BCUT2D eigenvalue weighted by molar-refractivity contribution is 0.0981. The molecule has 1 N–H and O–H groups in total. The van der Waals surface area contributed by atoms with Crippen LogP contribution < -0.4 is 14.5 Å². The number of rotatable bonds is 8. The third-order valence-corrected chi connectivity index (χ3v) is 9.39. The number of pyridine rings is 2. The zero-order valence-electron chi connectivity index (χ0n) is 22.6. The molecule has 2 aromatic rings. The topological polar surface area (TPSA) is 98.7 Å². The second-order valence-corrected chi connectivity index (χ2v) is 12.4. The summed E-state index contributed by atoms with van der Waals surface area (Å²) in [4.78, 5) is 28.8. The summed E-state index contributed by atoms with van der Waals surface area (Å²) in [6, 6.07) is 8.73. The summed E-state index contributed by atoms with van der Waals surface area (Å²) in [6.45, 7) is 15.0. The predicted octanol–water partition coefficient (Wildman–Crippen LogP) is 3.53. The largest absolute Gasteiger partial charge is 0.354 e. The molecule has 202 valence electrons. The highest BCUT2D eigenvalue weighted by Crippen LogP contribution is 2.38. The van der Waals surface area contributed by atoms with Gasteiger partial charge in [-0.2, -0.15) is 8.42 Å². The molecule has 4 rings (SSSR count). The van der Waals surface area contributed by atoms with Gasteiger partial charge in [-0.3, -0.25) is 9.69 Å². The van der Waals surface area contributed by atoms with E-state index in [1.54, 1.807) is 24.4 Å². The lowest BCUT2D eigenvalue weighted by Gasteiger charge is -2.38. The Bertz CT molecular complexity index is 1210. The van der Waals surface area contributed by atoms with E-state index in [-0.39, 0.29) is 16.1 Å². The van der Waals surface area contributed by atoms with Crippen molar-refractivity contribution in [2.75, 3.05) is 42.5 Å². The molecule has 0 aromatic carbocycles. The molecule has 0 aliphatic carbocycles. The van der Waals surface area contributed by atoms with Crippen molar-refractivity contribution in [1.82, 2.24) is 19.6 Å². The van der Waals surface area contributed by atoms with E-state index in [1.807, 2.05) is 6.07 Å². The van der Waals surface area contributed by atoms with Gasteiger partial charge in [0.2, 0.25) is 0 Å². The Labute approximate surface area is 221 Å². The van der Waals surface area contributed by atoms with Crippen molar-refractivity contribution in [3.63, 3.8) is 0 Å². The van der Waals surface area contributed by atoms with Crippen molar-refractivity contribution >= 4 is 27.6 Å². The van der Waals surface area contributed by atoms with Crippen LogP contribution >= 0.6 is 0 Å². The van der Waals surface area contributed by atoms with Gasteiger partial charge in [-0.05, 0) is 63.8 Å². The Hall–Kier alpha value is -2.72. The Balaban J connectivity index is 1.49. The zero-order valence-corrected chi connectivity index (χ0v) is 23.5. The van der Waals surface area contributed by atoms with Crippen molar-refractivity contribution in [2.45, 2.75) is 70.5 Å². The van der Waals surface area contributed by atoms with Crippen LogP contribution in [0, 0.1) is 5.92 Å². The minimum absolute atomic E-state index is 0.166. The van der Waals surface area contributed by atoms with Gasteiger partial charge in [0.05, 0.1) is 5.56 Å². The van der Waals surface area contributed by atoms with Crippen molar-refractivity contribution in [3.05, 3.63) is 42.1 Å². The van der Waals surface area contributed by atoms with Crippen molar-refractivity contribution in [3.8, 4) is 0 Å². The molecule has 2 unspecified atom stereocenters. The maximum absolute atomic E-state index is 13.2. The molecule has 2 atom stereocenters. The fourth-order valence-electron chi connectivity index (χ4n) is 5.35. The molecule has 2 fully saturated rings. The number of carbonyl (C=O) groups excluding carboxylic acids is 1. The van der Waals surface area contributed by atoms with Crippen LogP contribution in [-0.4, -0.2) is 73.5 Å². The molecule has 0 bridgehead atoms. The van der Waals surface area contributed by atoms with Gasteiger partial charge in [0.1, 0.15) is 11.6 Å². The molecule has 37 heavy (non-hydrogen) atoms. The highest BCUT2D eigenvalue weighted by molar-refractivity contribution is 7.90. The van der Waals surface area contributed by atoms with Crippen LogP contribution in [0.5, 0.6) is 0 Å². The number of amides is 1. The van der Waals surface area contributed by atoms with Crippen molar-refractivity contribution in [1.29, 1.82) is 0 Å². The molecule has 0 radical (unpaired) electrons. The van der Waals surface area contributed by atoms with E-state index in [9.17, 15) is 13.2 Å². The fourth-order valence-corrected chi connectivity index (χ4v) is 6.28. The second-order valence-electron chi connectivity index (χ2n) is 10.8. The average molecular weight is 529 g/mol. The lowest BCUT2D eigenvalue weighted by atomic mass is 9.90. The van der Waals surface area contributed by atoms with E-state index in [0.717, 1.165) is 45.6 Å². The number of aromatic nitrogens is 2. The van der Waals surface area contributed by atoms with Crippen LogP contribution in [0.25, 0.3) is 0 Å². The third kappa shape index (κ3) is 5.75. The van der Waals surface area contributed by atoms with E-state index in [4.69, 9.17) is 0 Å². The van der Waals surface area contributed by atoms with Gasteiger partial charge >= 0.3 is 0 Å². The number of anilines is 2. The summed E-state index contributed by atoms with van der Waals surface area (Å²) in [7, 11) is -4.17. The minimum atomic E-state index is -4.17. The first kappa shape index (κ1) is 27.3. The number of hydrogen-bond acceptors (Lipinski definition) is 8. The molecule has 4 heterocycles. The molecule has 0 spiro atoms. The number of sulfonamides is 1. The van der Waals surface area contributed by atoms with Crippen LogP contribution in [0.3, 0.4) is 0 Å². The summed E-state index contributed by atoms with van der Waals surface area (Å²) in [5, 5.41) is -0.166. The monoisotopic (exact) mass is 528 g/mol. The maximum Gasteiger partial charge on any atom is 0.281 e. The maximum atomic E-state index is 13.2. The Kier molecular flexibility index (Phi) is 8.08. The standard InChI is InChI=1S/C27H40N6O3S/c1-6-9-21(3)31-16-18-32(19-17-31)23-11-7-12-24(29-23)37(35,36)30-26(34)22-10-8-14-28-25(22)33-15-13-20(2)27(33,4)5/h7-8,10-12,14,20-21H,6,9,13,15-19H2,1-5H3,(H,30,34). The minimum Gasteiger partial charge on any atom is -0.354 e. The van der Waals surface area contributed by atoms with E-state index in [2.05, 4.69) is 64.0 Å². The number of nitrogens with zero attached hydrogens (tertiary/aromatic N) is 5. The van der Waals surface area contributed by atoms with Gasteiger partial charge in [0.15, 0.2) is 5.03 Å². The van der Waals surface area contributed by atoms with Crippen LogP contribution in [0.4, 0.5) is 11.6 Å². The van der Waals surface area contributed by atoms with E-state index >= 15 is 0 Å². The predicted molar refractivity (Wildman–Crippen MR) is 146 cm³/mol. The van der Waals surface area contributed by atoms with E-state index < -0.39 is 15.9 Å². The molecule has 10 heteroatoms. The molecule has 0 saturated carbocycles. The SMILES string of the molecule is CCCC(C)N1CCN(c2cccc(S(=O)(=O)NC(=O)c3cccnc3N3CCC(C)C3(C)C)n2)CC1.